The van der Waals surface area contributed by atoms with Crippen LogP contribution in [0.1, 0.15) is 30.1 Å². The molecule has 1 atom stereocenters. The van der Waals surface area contributed by atoms with Crippen LogP contribution < -0.4 is 10.2 Å². The molecule has 2 aromatic carbocycles. The second-order valence-corrected chi connectivity index (χ2v) is 6.71. The van der Waals surface area contributed by atoms with Crippen LogP contribution in [-0.4, -0.2) is 35.9 Å². The number of phenolic OH excluding ortho intramolecular Hbond substituents is 1. The Labute approximate surface area is 147 Å². The maximum atomic E-state index is 13.2. The van der Waals surface area contributed by atoms with Gasteiger partial charge in [-0.3, -0.25) is 0 Å². The van der Waals surface area contributed by atoms with Crippen molar-refractivity contribution >= 4 is 5.69 Å². The standard InChI is InChI=1S/C20H25FN2O2/c1-14-11-16(21)5-6-19(14)23-9-7-17(8-10-23)22-13-20(25)15-3-2-4-18(24)12-15/h2-6,11-12,17,20,22,24-25H,7-10,13H2,1H3/t20-/m0/s1. The van der Waals surface area contributed by atoms with Gasteiger partial charge in [0.15, 0.2) is 0 Å². The van der Waals surface area contributed by atoms with Gasteiger partial charge in [-0.25, -0.2) is 4.39 Å². The van der Waals surface area contributed by atoms with E-state index in [1.165, 1.54) is 6.07 Å². The summed E-state index contributed by atoms with van der Waals surface area (Å²) >= 11 is 0. The number of nitrogens with zero attached hydrogens (tertiary/aromatic N) is 1. The minimum absolute atomic E-state index is 0.166. The molecule has 0 radical (unpaired) electrons. The van der Waals surface area contributed by atoms with E-state index in [1.54, 1.807) is 24.3 Å². The summed E-state index contributed by atoms with van der Waals surface area (Å²) in [7, 11) is 0. The zero-order valence-electron chi connectivity index (χ0n) is 14.5. The lowest BCUT2D eigenvalue weighted by Crippen LogP contribution is -2.43. The van der Waals surface area contributed by atoms with Crippen molar-refractivity contribution in [3.63, 3.8) is 0 Å². The first-order chi connectivity index (χ1) is 12.0. The molecule has 3 rings (SSSR count). The molecule has 1 aliphatic rings. The van der Waals surface area contributed by atoms with Gasteiger partial charge in [0, 0.05) is 31.4 Å². The molecular weight excluding hydrogens is 319 g/mol. The van der Waals surface area contributed by atoms with E-state index in [1.807, 2.05) is 19.1 Å². The lowest BCUT2D eigenvalue weighted by atomic mass is 10.0. The van der Waals surface area contributed by atoms with Crippen LogP contribution in [0.25, 0.3) is 0 Å². The maximum absolute atomic E-state index is 13.2. The molecule has 0 bridgehead atoms. The first kappa shape index (κ1) is 17.7. The number of halogens is 1. The fourth-order valence-electron chi connectivity index (χ4n) is 3.43. The summed E-state index contributed by atoms with van der Waals surface area (Å²) in [5, 5.41) is 23.2. The van der Waals surface area contributed by atoms with Crippen LogP contribution in [0.3, 0.4) is 0 Å². The number of hydrogen-bond acceptors (Lipinski definition) is 4. The molecular formula is C20H25FN2O2. The van der Waals surface area contributed by atoms with E-state index < -0.39 is 6.10 Å². The molecule has 0 aromatic heterocycles. The first-order valence-electron chi connectivity index (χ1n) is 8.74. The largest absolute Gasteiger partial charge is 0.508 e. The molecule has 1 fully saturated rings. The number of piperidine rings is 1. The van der Waals surface area contributed by atoms with Gasteiger partial charge < -0.3 is 20.4 Å². The van der Waals surface area contributed by atoms with E-state index >= 15 is 0 Å². The Morgan fingerprint density at radius 2 is 1.96 bits per heavy atom. The third kappa shape index (κ3) is 4.50. The molecule has 1 saturated heterocycles. The average Bonchev–Trinajstić information content (AvgIpc) is 2.60. The molecule has 134 valence electrons. The summed E-state index contributed by atoms with van der Waals surface area (Å²) in [5.41, 5.74) is 2.78. The summed E-state index contributed by atoms with van der Waals surface area (Å²) in [6.07, 6.45) is 1.32. The van der Waals surface area contributed by atoms with E-state index in [0.717, 1.165) is 37.2 Å². The van der Waals surface area contributed by atoms with Gasteiger partial charge >= 0.3 is 0 Å². The Morgan fingerprint density at radius 1 is 1.20 bits per heavy atom. The van der Waals surface area contributed by atoms with Gasteiger partial charge in [-0.2, -0.15) is 0 Å². The molecule has 0 aliphatic carbocycles. The first-order valence-corrected chi connectivity index (χ1v) is 8.74. The van der Waals surface area contributed by atoms with Crippen molar-refractivity contribution in [3.8, 4) is 5.75 Å². The van der Waals surface area contributed by atoms with Gasteiger partial charge in [0.25, 0.3) is 0 Å². The van der Waals surface area contributed by atoms with Gasteiger partial charge in [0.05, 0.1) is 6.10 Å². The van der Waals surface area contributed by atoms with Crippen molar-refractivity contribution in [1.82, 2.24) is 5.32 Å². The Morgan fingerprint density at radius 3 is 2.64 bits per heavy atom. The Hall–Kier alpha value is -2.11. The number of aryl methyl sites for hydroxylation is 1. The summed E-state index contributed by atoms with van der Waals surface area (Å²) in [6.45, 7) is 4.22. The van der Waals surface area contributed by atoms with Gasteiger partial charge in [0.1, 0.15) is 11.6 Å². The number of hydrogen-bond donors (Lipinski definition) is 3. The van der Waals surface area contributed by atoms with Crippen LogP contribution >= 0.6 is 0 Å². The Kier molecular flexibility index (Phi) is 5.56. The highest BCUT2D eigenvalue weighted by Gasteiger charge is 2.21. The van der Waals surface area contributed by atoms with Crippen LogP contribution in [0.15, 0.2) is 42.5 Å². The Bertz CT molecular complexity index is 715. The quantitative estimate of drug-likeness (QED) is 0.780. The van der Waals surface area contributed by atoms with Crippen LogP contribution in [0, 0.1) is 12.7 Å². The van der Waals surface area contributed by atoms with Crippen molar-refractivity contribution in [2.75, 3.05) is 24.5 Å². The second kappa shape index (κ2) is 7.85. The number of aliphatic hydroxyl groups excluding tert-OH is 1. The molecule has 0 spiro atoms. The molecule has 0 unspecified atom stereocenters. The number of rotatable bonds is 5. The van der Waals surface area contributed by atoms with Crippen LogP contribution in [0.5, 0.6) is 5.75 Å². The van der Waals surface area contributed by atoms with Crippen molar-refractivity contribution in [2.24, 2.45) is 0 Å². The normalized spacial score (nSPS) is 16.8. The average molecular weight is 344 g/mol. The number of aromatic hydroxyl groups is 1. The zero-order chi connectivity index (χ0) is 17.8. The van der Waals surface area contributed by atoms with Crippen molar-refractivity contribution < 1.29 is 14.6 Å². The molecule has 0 saturated carbocycles. The topological polar surface area (TPSA) is 55.7 Å². The lowest BCUT2D eigenvalue weighted by molar-refractivity contribution is 0.167. The molecule has 2 aromatic rings. The highest BCUT2D eigenvalue weighted by molar-refractivity contribution is 5.53. The molecule has 25 heavy (non-hydrogen) atoms. The molecule has 0 amide bonds. The smallest absolute Gasteiger partial charge is 0.123 e. The molecule has 4 nitrogen and oxygen atoms in total. The Balaban J connectivity index is 1.49. The van der Waals surface area contributed by atoms with Crippen LogP contribution in [0.4, 0.5) is 10.1 Å². The lowest BCUT2D eigenvalue weighted by Gasteiger charge is -2.35. The molecule has 1 heterocycles. The van der Waals surface area contributed by atoms with Crippen LogP contribution in [-0.2, 0) is 0 Å². The van der Waals surface area contributed by atoms with Gasteiger partial charge in [-0.1, -0.05) is 12.1 Å². The monoisotopic (exact) mass is 344 g/mol. The van der Waals surface area contributed by atoms with E-state index in [4.69, 9.17) is 0 Å². The summed E-state index contributed by atoms with van der Waals surface area (Å²) in [5.74, 6) is -0.0294. The minimum atomic E-state index is -0.635. The number of benzene rings is 2. The number of anilines is 1. The van der Waals surface area contributed by atoms with E-state index in [-0.39, 0.29) is 11.6 Å². The fourth-order valence-corrected chi connectivity index (χ4v) is 3.43. The van der Waals surface area contributed by atoms with Gasteiger partial charge in [-0.05, 0) is 61.2 Å². The molecule has 1 aliphatic heterocycles. The maximum Gasteiger partial charge on any atom is 0.123 e. The van der Waals surface area contributed by atoms with Gasteiger partial charge in [0.2, 0.25) is 0 Å². The van der Waals surface area contributed by atoms with E-state index in [2.05, 4.69) is 10.2 Å². The highest BCUT2D eigenvalue weighted by Crippen LogP contribution is 2.25. The summed E-state index contributed by atoms with van der Waals surface area (Å²) < 4.78 is 13.2. The van der Waals surface area contributed by atoms with Gasteiger partial charge in [-0.15, -0.1) is 0 Å². The second-order valence-electron chi connectivity index (χ2n) is 6.71. The molecule has 3 N–H and O–H groups in total. The van der Waals surface area contributed by atoms with Crippen molar-refractivity contribution in [2.45, 2.75) is 31.9 Å². The molecule has 5 heteroatoms. The highest BCUT2D eigenvalue weighted by atomic mass is 19.1. The minimum Gasteiger partial charge on any atom is -0.508 e. The summed E-state index contributed by atoms with van der Waals surface area (Å²) in [4.78, 5) is 2.29. The van der Waals surface area contributed by atoms with Crippen molar-refractivity contribution in [3.05, 3.63) is 59.4 Å². The third-order valence-corrected chi connectivity index (χ3v) is 4.85. The SMILES string of the molecule is Cc1cc(F)ccc1N1CCC(NC[C@H](O)c2cccc(O)c2)CC1. The third-order valence-electron chi connectivity index (χ3n) is 4.85. The number of phenols is 1. The van der Waals surface area contributed by atoms with Crippen LogP contribution in [0.2, 0.25) is 0 Å². The predicted octanol–water partition coefficient (Wildman–Crippen LogP) is 3.13. The van der Waals surface area contributed by atoms with Crippen molar-refractivity contribution in [1.29, 1.82) is 0 Å². The fraction of sp³-hybridized carbons (Fsp3) is 0.400. The number of nitrogens with one attached hydrogen (secondary N) is 1. The zero-order valence-corrected chi connectivity index (χ0v) is 14.5. The van der Waals surface area contributed by atoms with E-state index in [0.29, 0.717) is 18.2 Å². The number of aliphatic hydroxyl groups is 1. The predicted molar refractivity (Wildman–Crippen MR) is 97.4 cm³/mol. The van der Waals surface area contributed by atoms with E-state index in [9.17, 15) is 14.6 Å². The summed E-state index contributed by atoms with van der Waals surface area (Å²) in [6, 6.07) is 12.0.